The van der Waals surface area contributed by atoms with Crippen molar-refractivity contribution in [3.05, 3.63) is 48.3 Å². The van der Waals surface area contributed by atoms with Crippen LogP contribution in [0.5, 0.6) is 0 Å². The van der Waals surface area contributed by atoms with Crippen LogP contribution in [0.2, 0.25) is 0 Å². The van der Waals surface area contributed by atoms with Crippen molar-refractivity contribution in [1.82, 2.24) is 14.7 Å². The Morgan fingerprint density at radius 3 is 3.04 bits per heavy atom. The molecule has 0 N–H and O–H groups in total. The highest BCUT2D eigenvalue weighted by atomic mass is 16.5. The zero-order valence-electron chi connectivity index (χ0n) is 14.5. The molecule has 6 nitrogen and oxygen atoms in total. The van der Waals surface area contributed by atoms with Gasteiger partial charge in [-0.3, -0.25) is 14.4 Å². The van der Waals surface area contributed by atoms with Crippen LogP contribution in [-0.4, -0.2) is 59.0 Å². The third-order valence-corrected chi connectivity index (χ3v) is 5.01. The largest absolute Gasteiger partial charge is 0.374 e. The normalized spacial score (nSPS) is 23.6. The summed E-state index contributed by atoms with van der Waals surface area (Å²) in [5.74, 6) is 0.178. The van der Waals surface area contributed by atoms with Gasteiger partial charge in [0.05, 0.1) is 25.8 Å². The average Bonchev–Trinajstić information content (AvgIpc) is 3.21. The van der Waals surface area contributed by atoms with Crippen LogP contribution in [0.4, 0.5) is 5.69 Å². The number of benzene rings is 1. The molecule has 2 aliphatic rings. The van der Waals surface area contributed by atoms with E-state index in [1.807, 2.05) is 34.0 Å². The van der Waals surface area contributed by atoms with E-state index in [2.05, 4.69) is 29.1 Å². The van der Waals surface area contributed by atoms with Crippen molar-refractivity contribution in [3.8, 4) is 0 Å². The van der Waals surface area contributed by atoms with Gasteiger partial charge in [-0.15, -0.1) is 0 Å². The van der Waals surface area contributed by atoms with Crippen LogP contribution in [0.15, 0.2) is 42.7 Å². The molecule has 6 heteroatoms. The molecule has 0 aliphatic carbocycles. The second kappa shape index (κ2) is 6.98. The van der Waals surface area contributed by atoms with E-state index in [9.17, 15) is 4.79 Å². The molecule has 1 saturated heterocycles. The second-order valence-electron chi connectivity index (χ2n) is 6.90. The lowest BCUT2D eigenvalue weighted by Gasteiger charge is -2.34. The number of carbonyl (C=O) groups excluding carboxylic acids is 1. The minimum Gasteiger partial charge on any atom is -0.374 e. The van der Waals surface area contributed by atoms with Gasteiger partial charge in [-0.2, -0.15) is 5.10 Å². The van der Waals surface area contributed by atoms with Crippen molar-refractivity contribution in [2.45, 2.75) is 32.0 Å². The maximum atomic E-state index is 12.9. The topological polar surface area (TPSA) is 50.6 Å². The summed E-state index contributed by atoms with van der Waals surface area (Å²) in [4.78, 5) is 17.1. The van der Waals surface area contributed by atoms with Crippen LogP contribution < -0.4 is 4.90 Å². The van der Waals surface area contributed by atoms with Crippen molar-refractivity contribution >= 4 is 11.6 Å². The van der Waals surface area contributed by atoms with Gasteiger partial charge in [0, 0.05) is 37.2 Å². The number of nitrogens with zero attached hydrogens (tertiary/aromatic N) is 4. The summed E-state index contributed by atoms with van der Waals surface area (Å²) in [7, 11) is 0. The van der Waals surface area contributed by atoms with Gasteiger partial charge in [-0.1, -0.05) is 18.2 Å². The van der Waals surface area contributed by atoms with E-state index < -0.39 is 0 Å². The van der Waals surface area contributed by atoms with E-state index in [-0.39, 0.29) is 18.1 Å². The van der Waals surface area contributed by atoms with Crippen molar-refractivity contribution in [2.75, 3.05) is 31.1 Å². The molecule has 2 aromatic rings. The first kappa shape index (κ1) is 16.3. The van der Waals surface area contributed by atoms with Crippen molar-refractivity contribution in [1.29, 1.82) is 0 Å². The van der Waals surface area contributed by atoms with E-state index in [1.165, 1.54) is 5.56 Å². The predicted molar refractivity (Wildman–Crippen MR) is 95.5 cm³/mol. The summed E-state index contributed by atoms with van der Waals surface area (Å²) in [5.41, 5.74) is 2.34. The number of aromatic nitrogens is 2. The highest BCUT2D eigenvalue weighted by molar-refractivity contribution is 5.97. The van der Waals surface area contributed by atoms with Crippen LogP contribution in [0.1, 0.15) is 12.5 Å². The number of carbonyl (C=O) groups is 1. The fourth-order valence-electron chi connectivity index (χ4n) is 3.86. The molecule has 1 fully saturated rings. The monoisotopic (exact) mass is 340 g/mol. The molecule has 25 heavy (non-hydrogen) atoms. The summed E-state index contributed by atoms with van der Waals surface area (Å²) in [6, 6.07) is 10.4. The Kier molecular flexibility index (Phi) is 4.55. The Bertz CT molecular complexity index is 731. The number of ether oxygens (including phenoxy) is 1. The molecule has 0 radical (unpaired) electrons. The summed E-state index contributed by atoms with van der Waals surface area (Å²) in [6.07, 6.45) is 4.73. The number of anilines is 1. The number of para-hydroxylation sites is 1. The molecule has 1 aromatic carbocycles. The van der Waals surface area contributed by atoms with E-state index in [0.29, 0.717) is 13.2 Å². The summed E-state index contributed by atoms with van der Waals surface area (Å²) in [5, 5.41) is 4.24. The SMILES string of the molecule is C[C@@H]1Cc2ccccc2N1C(=O)CN1CCO[C@H](Cn2cccn2)C1. The quantitative estimate of drug-likeness (QED) is 0.848. The molecule has 0 spiro atoms. The predicted octanol–water partition coefficient (Wildman–Crippen LogP) is 1.56. The third kappa shape index (κ3) is 3.45. The Hall–Kier alpha value is -2.18. The molecular weight excluding hydrogens is 316 g/mol. The van der Waals surface area contributed by atoms with Crippen LogP contribution >= 0.6 is 0 Å². The molecule has 2 atom stereocenters. The number of hydrogen-bond donors (Lipinski definition) is 0. The van der Waals surface area contributed by atoms with E-state index >= 15 is 0 Å². The van der Waals surface area contributed by atoms with Gasteiger partial charge in [0.1, 0.15) is 0 Å². The maximum absolute atomic E-state index is 12.9. The lowest BCUT2D eigenvalue weighted by atomic mass is 10.1. The van der Waals surface area contributed by atoms with Crippen LogP contribution in [0, 0.1) is 0 Å². The number of rotatable bonds is 4. The summed E-state index contributed by atoms with van der Waals surface area (Å²) < 4.78 is 7.72. The fraction of sp³-hybridized carbons (Fsp3) is 0.474. The first-order chi connectivity index (χ1) is 12.2. The number of fused-ring (bicyclic) bond motifs is 1. The van der Waals surface area contributed by atoms with Crippen LogP contribution in [0.3, 0.4) is 0 Å². The second-order valence-corrected chi connectivity index (χ2v) is 6.90. The average molecular weight is 340 g/mol. The lowest BCUT2D eigenvalue weighted by molar-refractivity contribution is -0.122. The molecule has 4 rings (SSSR count). The molecule has 3 heterocycles. The van der Waals surface area contributed by atoms with Crippen molar-refractivity contribution in [3.63, 3.8) is 0 Å². The Balaban J connectivity index is 1.39. The zero-order chi connectivity index (χ0) is 17.2. The molecule has 2 aliphatic heterocycles. The summed E-state index contributed by atoms with van der Waals surface area (Å²) >= 11 is 0. The van der Waals surface area contributed by atoms with Crippen molar-refractivity contribution < 1.29 is 9.53 Å². The molecule has 1 amide bonds. The van der Waals surface area contributed by atoms with Gasteiger partial charge < -0.3 is 9.64 Å². The highest BCUT2D eigenvalue weighted by Crippen LogP contribution is 2.31. The molecule has 0 bridgehead atoms. The minimum absolute atomic E-state index is 0.0738. The molecular formula is C19H24N4O2. The number of morpholine rings is 1. The standard InChI is InChI=1S/C19H24N4O2/c1-15-11-16-5-2-3-6-18(16)23(15)19(24)14-21-9-10-25-17(12-21)13-22-8-4-7-20-22/h2-8,15,17H,9-14H2,1H3/t15-,17+/m1/s1. The van der Waals surface area contributed by atoms with E-state index in [4.69, 9.17) is 4.74 Å². The highest BCUT2D eigenvalue weighted by Gasteiger charge is 2.32. The van der Waals surface area contributed by atoms with Gasteiger partial charge in [-0.05, 0) is 31.0 Å². The first-order valence-corrected chi connectivity index (χ1v) is 8.92. The van der Waals surface area contributed by atoms with Crippen molar-refractivity contribution in [2.24, 2.45) is 0 Å². The zero-order valence-corrected chi connectivity index (χ0v) is 14.5. The first-order valence-electron chi connectivity index (χ1n) is 8.92. The molecule has 1 aromatic heterocycles. The fourth-order valence-corrected chi connectivity index (χ4v) is 3.86. The third-order valence-electron chi connectivity index (χ3n) is 5.01. The Morgan fingerprint density at radius 1 is 1.32 bits per heavy atom. The maximum Gasteiger partial charge on any atom is 0.241 e. The van der Waals surface area contributed by atoms with Crippen LogP contribution in [-0.2, 0) is 22.5 Å². The summed E-state index contributed by atoms with van der Waals surface area (Å²) in [6.45, 7) is 5.50. The molecule has 0 unspecified atom stereocenters. The number of hydrogen-bond acceptors (Lipinski definition) is 4. The lowest BCUT2D eigenvalue weighted by Crippen LogP contribution is -2.49. The van der Waals surface area contributed by atoms with E-state index in [0.717, 1.165) is 31.7 Å². The number of amides is 1. The Morgan fingerprint density at radius 2 is 2.20 bits per heavy atom. The van der Waals surface area contributed by atoms with Gasteiger partial charge >= 0.3 is 0 Å². The molecule has 0 saturated carbocycles. The van der Waals surface area contributed by atoms with E-state index in [1.54, 1.807) is 6.20 Å². The van der Waals surface area contributed by atoms with Gasteiger partial charge in [0.25, 0.3) is 0 Å². The minimum atomic E-state index is 0.0738. The smallest absolute Gasteiger partial charge is 0.241 e. The van der Waals surface area contributed by atoms with Gasteiger partial charge in [-0.25, -0.2) is 0 Å². The van der Waals surface area contributed by atoms with Crippen LogP contribution in [0.25, 0.3) is 0 Å². The van der Waals surface area contributed by atoms with Gasteiger partial charge in [0.2, 0.25) is 5.91 Å². The van der Waals surface area contributed by atoms with Gasteiger partial charge in [0.15, 0.2) is 0 Å². The Labute approximate surface area is 148 Å². The molecule has 132 valence electrons.